The second kappa shape index (κ2) is 10.3. The molecule has 1 aliphatic heterocycles. The Labute approximate surface area is 178 Å². The Hall–Kier alpha value is -1.85. The Morgan fingerprint density at radius 2 is 1.86 bits per heavy atom. The van der Waals surface area contributed by atoms with Gasteiger partial charge in [-0.3, -0.25) is 4.79 Å². The van der Waals surface area contributed by atoms with Gasteiger partial charge < -0.3 is 14.4 Å². The highest BCUT2D eigenvalue weighted by atomic mass is 35.5. The number of esters is 1. The summed E-state index contributed by atoms with van der Waals surface area (Å²) in [5, 5.41) is 0.625. The van der Waals surface area contributed by atoms with E-state index in [9.17, 15) is 9.59 Å². The molecular formula is C23H30ClNO4. The molecule has 0 bridgehead atoms. The van der Waals surface area contributed by atoms with Gasteiger partial charge in [-0.15, -0.1) is 0 Å². The standard InChI is InChI=1S/C23H30ClNO4/c1-16-22(23(27)29-15-17-6-4-3-5-7-17)20(18-8-10-19(24)11-9-18)14-21(26)25(16)12-13-28-2/h8-11,17,20H,3-7,12-15H2,1-2H3. The number of benzene rings is 1. The first kappa shape index (κ1) is 21.8. The first-order valence-electron chi connectivity index (χ1n) is 10.4. The molecule has 5 nitrogen and oxygen atoms in total. The van der Waals surface area contributed by atoms with Gasteiger partial charge in [-0.05, 0) is 43.4 Å². The zero-order valence-corrected chi connectivity index (χ0v) is 18.0. The number of halogens is 1. The highest BCUT2D eigenvalue weighted by Gasteiger charge is 2.37. The molecule has 0 spiro atoms. The molecular weight excluding hydrogens is 390 g/mol. The van der Waals surface area contributed by atoms with E-state index in [1.54, 1.807) is 24.1 Å². The second-order valence-corrected chi connectivity index (χ2v) is 8.38. The molecule has 1 aromatic rings. The highest BCUT2D eigenvalue weighted by Crippen LogP contribution is 2.37. The zero-order chi connectivity index (χ0) is 20.8. The average molecular weight is 420 g/mol. The van der Waals surface area contributed by atoms with Gasteiger partial charge in [0.25, 0.3) is 0 Å². The van der Waals surface area contributed by atoms with E-state index in [1.807, 2.05) is 19.1 Å². The fraction of sp³-hybridized carbons (Fsp3) is 0.565. The summed E-state index contributed by atoms with van der Waals surface area (Å²) in [6.07, 6.45) is 6.14. The lowest BCUT2D eigenvalue weighted by Crippen LogP contribution is -2.40. The maximum atomic E-state index is 13.2. The molecule has 1 saturated carbocycles. The second-order valence-electron chi connectivity index (χ2n) is 7.95. The molecule has 158 valence electrons. The summed E-state index contributed by atoms with van der Waals surface area (Å²) in [7, 11) is 1.60. The number of ether oxygens (including phenoxy) is 2. The zero-order valence-electron chi connectivity index (χ0n) is 17.3. The van der Waals surface area contributed by atoms with E-state index >= 15 is 0 Å². The minimum atomic E-state index is -0.322. The number of nitrogens with zero attached hydrogens (tertiary/aromatic N) is 1. The number of methoxy groups -OCH3 is 1. The minimum absolute atomic E-state index is 0.0108. The monoisotopic (exact) mass is 419 g/mol. The van der Waals surface area contributed by atoms with Crippen LogP contribution in [0.4, 0.5) is 0 Å². The number of allylic oxidation sites excluding steroid dienone is 1. The molecule has 0 aromatic heterocycles. The van der Waals surface area contributed by atoms with Gasteiger partial charge in [0.2, 0.25) is 5.91 Å². The molecule has 1 aliphatic carbocycles. The van der Waals surface area contributed by atoms with Crippen LogP contribution in [0, 0.1) is 5.92 Å². The summed E-state index contributed by atoms with van der Waals surface area (Å²) >= 11 is 6.03. The van der Waals surface area contributed by atoms with Crippen LogP contribution in [-0.2, 0) is 19.1 Å². The third kappa shape index (κ3) is 5.40. The number of rotatable bonds is 7. The van der Waals surface area contributed by atoms with Crippen molar-refractivity contribution in [1.82, 2.24) is 4.90 Å². The third-order valence-electron chi connectivity index (χ3n) is 6.01. The SMILES string of the molecule is COCCN1C(=O)CC(c2ccc(Cl)cc2)C(C(=O)OCC2CCCCC2)=C1C. The van der Waals surface area contributed by atoms with Crippen LogP contribution in [0.5, 0.6) is 0 Å². The van der Waals surface area contributed by atoms with Crippen LogP contribution >= 0.6 is 11.6 Å². The number of amides is 1. The molecule has 1 atom stereocenters. The Morgan fingerprint density at radius 3 is 2.52 bits per heavy atom. The Balaban J connectivity index is 1.85. The smallest absolute Gasteiger partial charge is 0.336 e. The van der Waals surface area contributed by atoms with Gasteiger partial charge in [0.1, 0.15) is 0 Å². The van der Waals surface area contributed by atoms with Crippen LogP contribution in [0.1, 0.15) is 56.9 Å². The lowest BCUT2D eigenvalue weighted by molar-refractivity contribution is -0.142. The van der Waals surface area contributed by atoms with Gasteiger partial charge in [-0.25, -0.2) is 4.79 Å². The van der Waals surface area contributed by atoms with Crippen LogP contribution in [-0.4, -0.2) is 43.6 Å². The third-order valence-corrected chi connectivity index (χ3v) is 6.26. The van der Waals surface area contributed by atoms with Crippen molar-refractivity contribution in [1.29, 1.82) is 0 Å². The molecule has 1 amide bonds. The van der Waals surface area contributed by atoms with Gasteiger partial charge >= 0.3 is 5.97 Å². The molecule has 1 heterocycles. The fourth-order valence-electron chi connectivity index (χ4n) is 4.34. The Bertz CT molecular complexity index is 753. The van der Waals surface area contributed by atoms with Crippen molar-refractivity contribution in [3.8, 4) is 0 Å². The predicted molar refractivity (Wildman–Crippen MR) is 113 cm³/mol. The van der Waals surface area contributed by atoms with E-state index < -0.39 is 0 Å². The lowest BCUT2D eigenvalue weighted by Gasteiger charge is -2.34. The molecule has 1 aromatic carbocycles. The molecule has 29 heavy (non-hydrogen) atoms. The van der Waals surface area contributed by atoms with Gasteiger partial charge in [0.15, 0.2) is 0 Å². The molecule has 6 heteroatoms. The number of hydrogen-bond donors (Lipinski definition) is 0. The van der Waals surface area contributed by atoms with E-state index in [0.717, 1.165) is 18.4 Å². The van der Waals surface area contributed by atoms with Crippen LogP contribution in [0.3, 0.4) is 0 Å². The molecule has 1 unspecified atom stereocenters. The topological polar surface area (TPSA) is 55.8 Å². The predicted octanol–water partition coefficient (Wildman–Crippen LogP) is 4.70. The summed E-state index contributed by atoms with van der Waals surface area (Å²) in [6.45, 7) is 3.12. The molecule has 2 aliphatic rings. The molecule has 0 saturated heterocycles. The quantitative estimate of drug-likeness (QED) is 0.601. The van der Waals surface area contributed by atoms with E-state index in [-0.39, 0.29) is 24.2 Å². The number of hydrogen-bond acceptors (Lipinski definition) is 4. The maximum absolute atomic E-state index is 13.2. The summed E-state index contributed by atoms with van der Waals surface area (Å²) in [5.74, 6) is -0.207. The molecule has 0 N–H and O–H groups in total. The lowest BCUT2D eigenvalue weighted by atomic mass is 9.83. The van der Waals surface area contributed by atoms with Crippen molar-refractivity contribution in [3.63, 3.8) is 0 Å². The number of carbonyl (C=O) groups excluding carboxylic acids is 2. The van der Waals surface area contributed by atoms with Crippen molar-refractivity contribution in [2.75, 3.05) is 26.9 Å². The Morgan fingerprint density at radius 1 is 1.17 bits per heavy atom. The van der Waals surface area contributed by atoms with E-state index in [0.29, 0.717) is 42.0 Å². The summed E-state index contributed by atoms with van der Waals surface area (Å²) in [4.78, 5) is 27.6. The Kier molecular flexibility index (Phi) is 7.73. The van der Waals surface area contributed by atoms with Crippen molar-refractivity contribution < 1.29 is 19.1 Å². The average Bonchev–Trinajstić information content (AvgIpc) is 2.73. The van der Waals surface area contributed by atoms with Gasteiger partial charge in [-0.1, -0.05) is 43.0 Å². The van der Waals surface area contributed by atoms with E-state index in [4.69, 9.17) is 21.1 Å². The van der Waals surface area contributed by atoms with Crippen molar-refractivity contribution in [3.05, 3.63) is 46.1 Å². The minimum Gasteiger partial charge on any atom is -0.462 e. The number of carbonyl (C=O) groups is 2. The normalized spacial score (nSPS) is 20.9. The van der Waals surface area contributed by atoms with E-state index in [1.165, 1.54) is 19.3 Å². The van der Waals surface area contributed by atoms with Crippen molar-refractivity contribution >= 4 is 23.5 Å². The van der Waals surface area contributed by atoms with Crippen LogP contribution in [0.15, 0.2) is 35.5 Å². The molecule has 3 rings (SSSR count). The van der Waals surface area contributed by atoms with Crippen molar-refractivity contribution in [2.24, 2.45) is 5.92 Å². The van der Waals surface area contributed by atoms with Crippen LogP contribution in [0.25, 0.3) is 0 Å². The fourth-order valence-corrected chi connectivity index (χ4v) is 4.47. The molecule has 0 radical (unpaired) electrons. The van der Waals surface area contributed by atoms with Crippen LogP contribution < -0.4 is 0 Å². The highest BCUT2D eigenvalue weighted by molar-refractivity contribution is 6.30. The first-order chi connectivity index (χ1) is 14.0. The van der Waals surface area contributed by atoms with Crippen LogP contribution in [0.2, 0.25) is 5.02 Å². The summed E-state index contributed by atoms with van der Waals surface area (Å²) in [5.41, 5.74) is 2.13. The summed E-state index contributed by atoms with van der Waals surface area (Å²) in [6, 6.07) is 7.34. The van der Waals surface area contributed by atoms with Gasteiger partial charge in [0.05, 0.1) is 18.8 Å². The largest absolute Gasteiger partial charge is 0.462 e. The maximum Gasteiger partial charge on any atom is 0.336 e. The first-order valence-corrected chi connectivity index (χ1v) is 10.8. The molecule has 1 fully saturated rings. The van der Waals surface area contributed by atoms with Gasteiger partial charge in [0, 0.05) is 36.7 Å². The summed E-state index contributed by atoms with van der Waals surface area (Å²) < 4.78 is 10.9. The van der Waals surface area contributed by atoms with Gasteiger partial charge in [-0.2, -0.15) is 0 Å². The van der Waals surface area contributed by atoms with E-state index in [2.05, 4.69) is 0 Å². The van der Waals surface area contributed by atoms with Crippen molar-refractivity contribution in [2.45, 2.75) is 51.4 Å².